The number of fused-ring (bicyclic) bond motifs is 1. The molecule has 0 fully saturated rings. The van der Waals surface area contributed by atoms with Crippen molar-refractivity contribution in [1.82, 2.24) is 19.6 Å². The zero-order valence-corrected chi connectivity index (χ0v) is 21.0. The van der Waals surface area contributed by atoms with Gasteiger partial charge in [0.05, 0.1) is 16.6 Å². The number of thioether (sulfide) groups is 1. The largest absolute Gasteiger partial charge is 0.319 e. The van der Waals surface area contributed by atoms with Crippen LogP contribution in [0.3, 0.4) is 0 Å². The van der Waals surface area contributed by atoms with E-state index in [1.54, 1.807) is 23.3 Å². The Morgan fingerprint density at radius 1 is 0.889 bits per heavy atom. The van der Waals surface area contributed by atoms with E-state index in [1.807, 2.05) is 91.9 Å². The first-order valence-corrected chi connectivity index (χ1v) is 12.5. The van der Waals surface area contributed by atoms with Crippen LogP contribution in [0.25, 0.3) is 27.7 Å². The van der Waals surface area contributed by atoms with E-state index in [0.717, 1.165) is 27.7 Å². The number of hydrogen-bond donors (Lipinski definition) is 1. The molecule has 2 aromatic heterocycles. The van der Waals surface area contributed by atoms with Crippen molar-refractivity contribution in [2.24, 2.45) is 7.05 Å². The van der Waals surface area contributed by atoms with Crippen LogP contribution < -0.4 is 10.9 Å². The van der Waals surface area contributed by atoms with Gasteiger partial charge in [0.1, 0.15) is 16.4 Å². The van der Waals surface area contributed by atoms with Crippen LogP contribution in [0, 0.1) is 6.92 Å². The molecule has 7 nitrogen and oxygen atoms in total. The van der Waals surface area contributed by atoms with Gasteiger partial charge in [-0.2, -0.15) is 0 Å². The van der Waals surface area contributed by atoms with E-state index >= 15 is 0 Å². The third-order valence-electron chi connectivity index (χ3n) is 6.16. The lowest BCUT2D eigenvalue weighted by Gasteiger charge is -2.13. The molecule has 0 saturated carbocycles. The minimum atomic E-state index is -0.505. The molecule has 0 aliphatic heterocycles. The number of nitrogens with one attached hydrogen (secondary N) is 1. The van der Waals surface area contributed by atoms with Crippen molar-refractivity contribution in [2.45, 2.75) is 24.1 Å². The molecule has 36 heavy (non-hydrogen) atoms. The van der Waals surface area contributed by atoms with E-state index < -0.39 is 5.25 Å². The summed E-state index contributed by atoms with van der Waals surface area (Å²) in [5.41, 5.74) is 3.19. The molecule has 0 aliphatic rings. The average molecular weight is 496 g/mol. The quantitative estimate of drug-likeness (QED) is 0.327. The van der Waals surface area contributed by atoms with Crippen LogP contribution in [-0.2, 0) is 11.8 Å². The van der Waals surface area contributed by atoms with Gasteiger partial charge in [-0.3, -0.25) is 14.3 Å². The van der Waals surface area contributed by atoms with E-state index in [2.05, 4.69) is 15.5 Å². The van der Waals surface area contributed by atoms with Crippen LogP contribution >= 0.6 is 11.8 Å². The standard InChI is InChI=1S/C28H25N5O2S/c1-18-24(28(35)33(32(18)3)21-14-8-5-9-15-21)29-26(34)19(2)36-27-23-17-11-10-16-22(23)25(30-31-27)20-12-6-4-7-13-20/h4-17,19H,1-3H3,(H,29,34)/t19-/m0/s1. The van der Waals surface area contributed by atoms with Gasteiger partial charge >= 0.3 is 0 Å². The number of para-hydroxylation sites is 1. The Labute approximate surface area is 212 Å². The normalized spacial score (nSPS) is 12.0. The van der Waals surface area contributed by atoms with Crippen molar-refractivity contribution in [1.29, 1.82) is 0 Å². The molecule has 2 heterocycles. The number of hydrogen-bond acceptors (Lipinski definition) is 5. The summed E-state index contributed by atoms with van der Waals surface area (Å²) >= 11 is 1.32. The molecular weight excluding hydrogens is 470 g/mol. The number of aromatic nitrogens is 4. The molecule has 0 saturated heterocycles. The van der Waals surface area contributed by atoms with Gasteiger partial charge in [-0.1, -0.05) is 84.6 Å². The molecule has 0 radical (unpaired) electrons. The second-order valence-electron chi connectivity index (χ2n) is 8.45. The maximum atomic E-state index is 13.2. The highest BCUT2D eigenvalue weighted by atomic mass is 32.2. The lowest BCUT2D eigenvalue weighted by Crippen LogP contribution is -2.27. The molecule has 5 aromatic rings. The van der Waals surface area contributed by atoms with Crippen molar-refractivity contribution in [3.05, 3.63) is 101 Å². The third-order valence-corrected chi connectivity index (χ3v) is 7.25. The van der Waals surface area contributed by atoms with Crippen LogP contribution in [-0.4, -0.2) is 30.7 Å². The fraction of sp³-hybridized carbons (Fsp3) is 0.143. The summed E-state index contributed by atoms with van der Waals surface area (Å²) in [5, 5.41) is 13.9. The Kier molecular flexibility index (Phi) is 6.43. The fourth-order valence-electron chi connectivity index (χ4n) is 4.13. The molecule has 8 heteroatoms. The first kappa shape index (κ1) is 23.6. The van der Waals surface area contributed by atoms with Crippen LogP contribution in [0.1, 0.15) is 12.6 Å². The minimum Gasteiger partial charge on any atom is -0.319 e. The van der Waals surface area contributed by atoms with Gasteiger partial charge in [-0.15, -0.1) is 10.2 Å². The highest BCUT2D eigenvalue weighted by molar-refractivity contribution is 8.00. The first-order valence-electron chi connectivity index (χ1n) is 11.6. The average Bonchev–Trinajstić information content (AvgIpc) is 3.12. The molecule has 0 spiro atoms. The Bertz CT molecular complexity index is 1610. The maximum Gasteiger partial charge on any atom is 0.295 e. The van der Waals surface area contributed by atoms with Gasteiger partial charge in [0, 0.05) is 23.4 Å². The maximum absolute atomic E-state index is 13.2. The monoisotopic (exact) mass is 495 g/mol. The van der Waals surface area contributed by atoms with Gasteiger partial charge in [0.15, 0.2) is 0 Å². The summed E-state index contributed by atoms with van der Waals surface area (Å²) < 4.78 is 3.29. The smallest absolute Gasteiger partial charge is 0.295 e. The molecule has 1 amide bonds. The van der Waals surface area contributed by atoms with Crippen molar-refractivity contribution >= 4 is 34.1 Å². The number of carbonyl (C=O) groups excluding carboxylic acids is 1. The predicted molar refractivity (Wildman–Crippen MR) is 145 cm³/mol. The topological polar surface area (TPSA) is 81.8 Å². The van der Waals surface area contributed by atoms with Gasteiger partial charge in [-0.05, 0) is 26.0 Å². The summed E-state index contributed by atoms with van der Waals surface area (Å²) in [4.78, 5) is 26.3. The van der Waals surface area contributed by atoms with Crippen LogP contribution in [0.4, 0.5) is 5.69 Å². The SMILES string of the molecule is Cc1c(NC(=O)[C@H](C)Sc2nnc(-c3ccccc3)c3ccccc23)c(=O)n(-c2ccccc2)n1C. The molecule has 3 aromatic carbocycles. The zero-order valence-electron chi connectivity index (χ0n) is 20.2. The van der Waals surface area contributed by atoms with Gasteiger partial charge in [0.25, 0.3) is 5.56 Å². The predicted octanol–water partition coefficient (Wildman–Crippen LogP) is 5.21. The zero-order chi connectivity index (χ0) is 25.2. The summed E-state index contributed by atoms with van der Waals surface area (Å²) in [6, 6.07) is 27.2. The van der Waals surface area contributed by atoms with E-state index in [-0.39, 0.29) is 17.2 Å². The number of benzene rings is 3. The number of nitrogens with zero attached hydrogens (tertiary/aromatic N) is 4. The molecule has 0 unspecified atom stereocenters. The highest BCUT2D eigenvalue weighted by Gasteiger charge is 2.23. The van der Waals surface area contributed by atoms with E-state index in [0.29, 0.717) is 10.7 Å². The van der Waals surface area contributed by atoms with Crippen LogP contribution in [0.2, 0.25) is 0 Å². The highest BCUT2D eigenvalue weighted by Crippen LogP contribution is 2.33. The molecule has 0 aliphatic carbocycles. The Morgan fingerprint density at radius 2 is 1.50 bits per heavy atom. The van der Waals surface area contributed by atoms with Crippen molar-refractivity contribution in [3.8, 4) is 16.9 Å². The minimum absolute atomic E-state index is 0.272. The Balaban J connectivity index is 1.42. The summed E-state index contributed by atoms with van der Waals surface area (Å²) in [7, 11) is 1.80. The van der Waals surface area contributed by atoms with E-state index in [1.165, 1.54) is 11.8 Å². The van der Waals surface area contributed by atoms with Crippen molar-refractivity contribution in [3.63, 3.8) is 0 Å². The van der Waals surface area contributed by atoms with Gasteiger partial charge < -0.3 is 5.32 Å². The molecule has 1 atom stereocenters. The number of anilines is 1. The number of carbonyl (C=O) groups is 1. The molecule has 1 N–H and O–H groups in total. The Morgan fingerprint density at radius 3 is 2.19 bits per heavy atom. The fourth-order valence-corrected chi connectivity index (χ4v) is 5.03. The van der Waals surface area contributed by atoms with Gasteiger partial charge in [0.2, 0.25) is 5.91 Å². The lowest BCUT2D eigenvalue weighted by molar-refractivity contribution is -0.115. The number of amides is 1. The van der Waals surface area contributed by atoms with Gasteiger partial charge in [-0.25, -0.2) is 4.68 Å². The second kappa shape index (κ2) is 9.83. The lowest BCUT2D eigenvalue weighted by atomic mass is 10.1. The second-order valence-corrected chi connectivity index (χ2v) is 9.78. The van der Waals surface area contributed by atoms with Crippen molar-refractivity contribution < 1.29 is 4.79 Å². The van der Waals surface area contributed by atoms with Crippen LogP contribution in [0.5, 0.6) is 0 Å². The van der Waals surface area contributed by atoms with E-state index in [4.69, 9.17) is 0 Å². The molecule has 0 bridgehead atoms. The molecular formula is C28H25N5O2S. The molecule has 180 valence electrons. The van der Waals surface area contributed by atoms with Crippen LogP contribution in [0.15, 0.2) is 94.7 Å². The first-order chi connectivity index (χ1) is 17.5. The summed E-state index contributed by atoms with van der Waals surface area (Å²) in [6.45, 7) is 3.62. The molecule has 5 rings (SSSR count). The summed E-state index contributed by atoms with van der Waals surface area (Å²) in [6.07, 6.45) is 0. The third kappa shape index (κ3) is 4.31. The Hall–Kier alpha value is -4.17. The van der Waals surface area contributed by atoms with Crippen molar-refractivity contribution in [2.75, 3.05) is 5.32 Å². The number of rotatable bonds is 6. The van der Waals surface area contributed by atoms with E-state index in [9.17, 15) is 9.59 Å². The summed E-state index contributed by atoms with van der Waals surface area (Å²) in [5.74, 6) is -0.274.